The van der Waals surface area contributed by atoms with Crippen LogP contribution in [0.15, 0.2) is 72.8 Å². The molecule has 0 unspecified atom stereocenters. The molecule has 5 heterocycles. The van der Waals surface area contributed by atoms with Crippen LogP contribution in [0.25, 0.3) is 89.7 Å². The molecule has 8 bridgehead atoms. The Hall–Kier alpha value is -7.56. The Bertz CT molecular complexity index is 2880. The van der Waals surface area contributed by atoms with Crippen LogP contribution in [-0.2, 0) is 0 Å². The van der Waals surface area contributed by atoms with E-state index in [0.717, 1.165) is 5.56 Å². The van der Waals surface area contributed by atoms with Gasteiger partial charge in [0.1, 0.15) is 22.6 Å². The lowest BCUT2D eigenvalue weighted by molar-refractivity contribution is -0.384. The number of aryl methyl sites for hydroxylation is 1. The van der Waals surface area contributed by atoms with E-state index in [1.807, 2.05) is 25.1 Å². The maximum atomic E-state index is 11.8. The second kappa shape index (κ2) is 10.2. The number of nitrogens with zero attached hydrogens (tertiary/aromatic N) is 9. The highest BCUT2D eigenvalue weighted by atomic mass is 16.6. The molecule has 0 fully saturated rings. The summed E-state index contributed by atoms with van der Waals surface area (Å²) in [6.07, 6.45) is 0. The number of hydrogen-bond acceptors (Lipinski definition) is 12. The number of nitro groups is 3. The monoisotopic (exact) mass is 663 g/mol. The van der Waals surface area contributed by atoms with E-state index in [1.54, 1.807) is 6.07 Å². The normalized spacial score (nSPS) is 11.8. The molecule has 2 aliphatic rings. The summed E-state index contributed by atoms with van der Waals surface area (Å²) in [6.45, 7) is 1.92. The van der Waals surface area contributed by atoms with Crippen LogP contribution in [0.2, 0.25) is 0 Å². The minimum Gasteiger partial charge on any atom is -0.324 e. The van der Waals surface area contributed by atoms with Crippen LogP contribution in [0.3, 0.4) is 0 Å². The van der Waals surface area contributed by atoms with Crippen molar-refractivity contribution in [2.45, 2.75) is 6.92 Å². The fraction of sp³-hybridized carbons (Fsp3) is 0.0303. The van der Waals surface area contributed by atoms with Crippen molar-refractivity contribution in [3.8, 4) is 45.6 Å². The van der Waals surface area contributed by atoms with Gasteiger partial charge in [-0.15, -0.1) is 0 Å². The molecule has 17 nitrogen and oxygen atoms in total. The lowest BCUT2D eigenvalue weighted by atomic mass is 10.1. The molecule has 0 atom stereocenters. The second-order valence-corrected chi connectivity index (χ2v) is 11.6. The smallest absolute Gasteiger partial charge is 0.270 e. The largest absolute Gasteiger partial charge is 0.324 e. The average molecular weight is 664 g/mol. The number of aromatic amines is 2. The number of nitrogens with one attached hydrogen (secondary N) is 2. The molecule has 3 aromatic heterocycles. The maximum Gasteiger partial charge on any atom is 0.270 e. The Morgan fingerprint density at radius 3 is 1.30 bits per heavy atom. The Morgan fingerprint density at radius 2 is 0.820 bits per heavy atom. The van der Waals surface area contributed by atoms with Crippen LogP contribution >= 0.6 is 0 Å². The van der Waals surface area contributed by atoms with Gasteiger partial charge in [-0.3, -0.25) is 30.3 Å². The van der Waals surface area contributed by atoms with Crippen LogP contribution in [0, 0.1) is 37.3 Å². The van der Waals surface area contributed by atoms with Gasteiger partial charge in [-0.1, -0.05) is 17.7 Å². The number of fused-ring (bicyclic) bond motifs is 20. The van der Waals surface area contributed by atoms with E-state index in [9.17, 15) is 30.3 Å². The summed E-state index contributed by atoms with van der Waals surface area (Å²) in [6, 6.07) is 18.4. The van der Waals surface area contributed by atoms with E-state index < -0.39 is 14.8 Å². The third kappa shape index (κ3) is 4.34. The van der Waals surface area contributed by atoms with Gasteiger partial charge in [0.05, 0.1) is 14.8 Å². The van der Waals surface area contributed by atoms with Crippen molar-refractivity contribution in [3.05, 3.63) is 109 Å². The summed E-state index contributed by atoms with van der Waals surface area (Å²) in [4.78, 5) is 68.7. The summed E-state index contributed by atoms with van der Waals surface area (Å²) >= 11 is 0. The van der Waals surface area contributed by atoms with Gasteiger partial charge in [0.25, 0.3) is 17.1 Å². The van der Waals surface area contributed by atoms with Gasteiger partial charge in [-0.2, -0.15) is 0 Å². The van der Waals surface area contributed by atoms with Crippen LogP contribution in [0.5, 0.6) is 0 Å². The highest BCUT2D eigenvalue weighted by Crippen LogP contribution is 2.39. The number of rotatable bonds is 3. The van der Waals surface area contributed by atoms with Gasteiger partial charge in [-0.25, -0.2) is 29.9 Å². The molecule has 0 amide bonds. The molecule has 50 heavy (non-hydrogen) atoms. The van der Waals surface area contributed by atoms with E-state index in [4.69, 9.17) is 24.9 Å². The quantitative estimate of drug-likeness (QED) is 0.145. The van der Waals surface area contributed by atoms with Gasteiger partial charge < -0.3 is 9.97 Å². The fourth-order valence-electron chi connectivity index (χ4n) is 6.21. The van der Waals surface area contributed by atoms with E-state index in [2.05, 4.69) is 15.0 Å². The molecule has 0 aliphatic carbocycles. The minimum absolute atomic E-state index is 0.0731. The van der Waals surface area contributed by atoms with Gasteiger partial charge in [0.15, 0.2) is 23.3 Å². The molecule has 0 saturated carbocycles. The van der Waals surface area contributed by atoms with Crippen LogP contribution in [0.4, 0.5) is 17.1 Å². The molecule has 2 aliphatic heterocycles. The molecule has 0 spiro atoms. The van der Waals surface area contributed by atoms with Crippen LogP contribution in [0.1, 0.15) is 5.56 Å². The van der Waals surface area contributed by atoms with Gasteiger partial charge >= 0.3 is 0 Å². The summed E-state index contributed by atoms with van der Waals surface area (Å²) in [5.41, 5.74) is 3.44. The van der Waals surface area contributed by atoms with Crippen molar-refractivity contribution in [3.63, 3.8) is 0 Å². The first-order chi connectivity index (χ1) is 24.1. The second-order valence-electron chi connectivity index (χ2n) is 11.6. The van der Waals surface area contributed by atoms with E-state index in [0.29, 0.717) is 55.3 Å². The molecule has 240 valence electrons. The summed E-state index contributed by atoms with van der Waals surface area (Å²) in [5, 5.41) is 37.1. The summed E-state index contributed by atoms with van der Waals surface area (Å²) < 4.78 is 0. The van der Waals surface area contributed by atoms with Gasteiger partial charge in [-0.05, 0) is 31.2 Å². The zero-order chi connectivity index (χ0) is 34.4. The fourth-order valence-corrected chi connectivity index (χ4v) is 6.21. The number of aromatic nitrogens is 8. The van der Waals surface area contributed by atoms with Crippen LogP contribution < -0.4 is 0 Å². The molecule has 17 heteroatoms. The molecular weight excluding hydrogens is 646 g/mol. The molecule has 0 saturated heterocycles. The molecule has 0 radical (unpaired) electrons. The molecule has 2 N–H and O–H groups in total. The van der Waals surface area contributed by atoms with Crippen LogP contribution in [-0.4, -0.2) is 54.6 Å². The summed E-state index contributed by atoms with van der Waals surface area (Å²) in [5.74, 6) is 0.788. The van der Waals surface area contributed by atoms with E-state index in [1.165, 1.54) is 48.5 Å². The van der Waals surface area contributed by atoms with Crippen molar-refractivity contribution in [1.82, 2.24) is 39.9 Å². The Kier molecular flexibility index (Phi) is 5.85. The zero-order valence-electron chi connectivity index (χ0n) is 25.4. The number of benzene rings is 4. The first-order valence-electron chi connectivity index (χ1n) is 14.9. The van der Waals surface area contributed by atoms with Crippen molar-refractivity contribution >= 4 is 61.2 Å². The van der Waals surface area contributed by atoms with Crippen molar-refractivity contribution in [2.75, 3.05) is 0 Å². The van der Waals surface area contributed by atoms with E-state index in [-0.39, 0.29) is 51.5 Å². The predicted octanol–water partition coefficient (Wildman–Crippen LogP) is 6.90. The minimum atomic E-state index is -0.541. The molecule has 9 rings (SSSR count). The van der Waals surface area contributed by atoms with Crippen molar-refractivity contribution in [1.29, 1.82) is 0 Å². The Labute approximate surface area is 276 Å². The lowest BCUT2D eigenvalue weighted by Gasteiger charge is -1.99. The Balaban J connectivity index is 1.49. The summed E-state index contributed by atoms with van der Waals surface area (Å²) in [7, 11) is 0. The van der Waals surface area contributed by atoms with Crippen molar-refractivity contribution < 1.29 is 14.8 Å². The molecular formula is C33H17N11O6. The maximum absolute atomic E-state index is 11.8. The lowest BCUT2D eigenvalue weighted by Crippen LogP contribution is -1.89. The topological polar surface area (TPSA) is 238 Å². The Morgan fingerprint density at radius 1 is 0.440 bits per heavy atom. The van der Waals surface area contributed by atoms with Crippen molar-refractivity contribution in [2.24, 2.45) is 0 Å². The third-order valence-electron chi connectivity index (χ3n) is 8.57. The predicted molar refractivity (Wildman–Crippen MR) is 181 cm³/mol. The molecule has 7 aromatic rings. The van der Waals surface area contributed by atoms with E-state index >= 15 is 0 Å². The first kappa shape index (κ1) is 28.6. The number of non-ortho nitro benzene ring substituents is 3. The van der Waals surface area contributed by atoms with Gasteiger partial charge in [0, 0.05) is 80.2 Å². The standard InChI is InChI=1S/C33H17N11O6/c1-14-2-6-18-22(10-14)30-34-26(18)36-31-24-12-16(43(47)48)4-8-20(24)28(38-31)40-33-25-13-17(44(49)50)5-9-21(25)29(41-33)39-32-23-11-15(42(45)46)3-7-19(23)27(35-30)37-32/h2-13H,1H3,(H2,34,35,36,37,38,39,40,41). The number of hydrogen-bond donors (Lipinski definition) is 2. The SMILES string of the molecule is Cc1ccc2c(c1)-c1nc-2nc2[nH]c(nc3nc(nc4[nH]c(n1)c1ccc([N+](=O)[O-])cc41)-c1ccc([N+](=O)[O-])cc1-3)c1ccc([N+](=O)[O-])cc21. The highest BCUT2D eigenvalue weighted by Gasteiger charge is 2.25. The molecule has 4 aromatic carbocycles. The first-order valence-corrected chi connectivity index (χ1v) is 14.9. The number of H-pyrrole nitrogens is 2. The van der Waals surface area contributed by atoms with Gasteiger partial charge in [0.2, 0.25) is 0 Å². The number of nitro benzene ring substituents is 3. The third-order valence-corrected chi connectivity index (χ3v) is 8.57. The average Bonchev–Trinajstić information content (AvgIpc) is 3.82. The zero-order valence-corrected chi connectivity index (χ0v) is 25.4. The highest BCUT2D eigenvalue weighted by molar-refractivity contribution is 6.07.